The summed E-state index contributed by atoms with van der Waals surface area (Å²) in [5, 5.41) is -1.28. The molecule has 4 N–H and O–H groups in total. The Labute approximate surface area is 138 Å². The van der Waals surface area contributed by atoms with Gasteiger partial charge in [-0.15, -0.1) is 0 Å². The lowest BCUT2D eigenvalue weighted by atomic mass is 10.5. The number of nitrogens with zero attached hydrogens (tertiary/aromatic N) is 2. The Morgan fingerprint density at radius 1 is 0.905 bits per heavy atom. The highest BCUT2D eigenvalue weighted by Crippen LogP contribution is 1.81. The van der Waals surface area contributed by atoms with Crippen molar-refractivity contribution in [1.82, 2.24) is 9.88 Å². The van der Waals surface area contributed by atoms with Crippen LogP contribution >= 0.6 is 25.3 Å². The zero-order chi connectivity index (χ0) is 17.1. The summed E-state index contributed by atoms with van der Waals surface area (Å²) < 4.78 is 0. The molecule has 6 nitrogen and oxygen atoms in total. The van der Waals surface area contributed by atoms with Gasteiger partial charge in [0.1, 0.15) is 0 Å². The maximum Gasteiger partial charge on any atom is 0.273 e. The van der Waals surface area contributed by atoms with E-state index in [1.54, 1.807) is 12.4 Å². The van der Waals surface area contributed by atoms with Crippen LogP contribution in [0.5, 0.6) is 0 Å². The van der Waals surface area contributed by atoms with Gasteiger partial charge in [0.15, 0.2) is 0 Å². The second kappa shape index (κ2) is 21.1. The molecule has 0 saturated heterocycles. The Morgan fingerprint density at radius 3 is 1.24 bits per heavy atom. The highest BCUT2D eigenvalue weighted by atomic mass is 32.1. The van der Waals surface area contributed by atoms with E-state index in [4.69, 9.17) is 9.59 Å². The van der Waals surface area contributed by atoms with Crippen LogP contribution in [0.2, 0.25) is 0 Å². The van der Waals surface area contributed by atoms with E-state index in [1.807, 2.05) is 18.2 Å². The molecular weight excluding hydrogens is 308 g/mol. The normalized spacial score (nSPS) is 8.10. The van der Waals surface area contributed by atoms with E-state index in [1.165, 1.54) is 19.6 Å². The third-order valence-electron chi connectivity index (χ3n) is 1.91. The van der Waals surface area contributed by atoms with Crippen molar-refractivity contribution in [3.05, 3.63) is 30.6 Å². The molecule has 0 aromatic carbocycles. The molecule has 8 heteroatoms. The first-order chi connectivity index (χ1) is 9.81. The number of nitrogens with two attached hydrogens (primary N) is 2. The summed E-state index contributed by atoms with van der Waals surface area (Å²) >= 11 is 6.21. The number of aromatic nitrogens is 1. The largest absolute Gasteiger partial charge is 0.361 e. The monoisotopic (exact) mass is 334 g/mol. The van der Waals surface area contributed by atoms with Crippen molar-refractivity contribution in [2.24, 2.45) is 11.5 Å². The minimum absolute atomic E-state index is 0.639. The van der Waals surface area contributed by atoms with Crippen LogP contribution in [0.1, 0.15) is 20.8 Å². The summed E-state index contributed by atoms with van der Waals surface area (Å²) in [5.74, 6) is 0. The molecule has 0 aliphatic heterocycles. The summed E-state index contributed by atoms with van der Waals surface area (Å²) in [7, 11) is 0. The van der Waals surface area contributed by atoms with Crippen molar-refractivity contribution < 1.29 is 9.59 Å². The van der Waals surface area contributed by atoms with Crippen molar-refractivity contribution in [3.63, 3.8) is 0 Å². The molecule has 1 heterocycles. The van der Waals surface area contributed by atoms with Crippen LogP contribution in [0.15, 0.2) is 30.6 Å². The number of pyridine rings is 1. The van der Waals surface area contributed by atoms with Gasteiger partial charge in [-0.2, -0.15) is 0 Å². The van der Waals surface area contributed by atoms with Gasteiger partial charge in [0.2, 0.25) is 0 Å². The number of hydrogen-bond donors (Lipinski definition) is 4. The SMILES string of the molecule is CCN(CC)CC.NC(=O)S.NC(=O)S.c1ccncc1. The Hall–Kier alpha value is -1.25. The number of primary amides is 2. The summed E-state index contributed by atoms with van der Waals surface area (Å²) in [4.78, 5) is 24.3. The van der Waals surface area contributed by atoms with Crippen LogP contribution in [0.3, 0.4) is 0 Å². The van der Waals surface area contributed by atoms with Crippen LogP contribution in [0.25, 0.3) is 0 Å². The average molecular weight is 335 g/mol. The molecule has 1 rings (SSSR count). The first-order valence-corrected chi connectivity index (χ1v) is 7.25. The van der Waals surface area contributed by atoms with Crippen LogP contribution < -0.4 is 11.5 Å². The summed E-state index contributed by atoms with van der Waals surface area (Å²) in [6, 6.07) is 5.72. The topological polar surface area (TPSA) is 102 Å². The van der Waals surface area contributed by atoms with Gasteiger partial charge in [0.25, 0.3) is 10.5 Å². The van der Waals surface area contributed by atoms with E-state index in [2.05, 4.69) is 67.4 Å². The molecule has 0 fully saturated rings. The van der Waals surface area contributed by atoms with E-state index in [9.17, 15) is 0 Å². The first kappa shape index (κ1) is 24.7. The van der Waals surface area contributed by atoms with Crippen molar-refractivity contribution in [2.45, 2.75) is 20.8 Å². The minimum atomic E-state index is -0.639. The zero-order valence-electron chi connectivity index (χ0n) is 12.8. The Balaban J connectivity index is -0.000000213. The molecule has 0 bridgehead atoms. The van der Waals surface area contributed by atoms with Crippen molar-refractivity contribution in [1.29, 1.82) is 0 Å². The predicted molar refractivity (Wildman–Crippen MR) is 94.8 cm³/mol. The highest BCUT2D eigenvalue weighted by Gasteiger charge is 1.89. The van der Waals surface area contributed by atoms with E-state index in [-0.39, 0.29) is 0 Å². The number of carbonyl (C=O) groups is 2. The standard InChI is InChI=1S/C6H15N.C5H5N.2CH3NOS/c1-4-7(5-2)6-3;1-2-4-6-5-3-1;2*2-1(3)4/h4-6H2,1-3H3;1-5H;2*(H3,2,3,4). The number of rotatable bonds is 3. The molecule has 0 aliphatic carbocycles. The fourth-order valence-electron chi connectivity index (χ4n) is 0.983. The van der Waals surface area contributed by atoms with Crippen molar-refractivity contribution in [2.75, 3.05) is 19.6 Å². The molecule has 21 heavy (non-hydrogen) atoms. The summed E-state index contributed by atoms with van der Waals surface area (Å²) in [6.45, 7) is 10.1. The molecule has 0 saturated carbocycles. The lowest BCUT2D eigenvalue weighted by Crippen LogP contribution is -2.21. The van der Waals surface area contributed by atoms with Gasteiger partial charge in [-0.05, 0) is 31.8 Å². The third-order valence-corrected chi connectivity index (χ3v) is 1.91. The van der Waals surface area contributed by atoms with Crippen LogP contribution in [-0.2, 0) is 0 Å². The number of amides is 2. The van der Waals surface area contributed by atoms with Crippen LogP contribution in [0.4, 0.5) is 9.59 Å². The molecular formula is C13H26N4O2S2. The Morgan fingerprint density at radius 2 is 1.19 bits per heavy atom. The van der Waals surface area contributed by atoms with E-state index in [0.29, 0.717) is 0 Å². The van der Waals surface area contributed by atoms with Gasteiger partial charge >= 0.3 is 0 Å². The van der Waals surface area contributed by atoms with Gasteiger partial charge in [-0.1, -0.05) is 52.1 Å². The van der Waals surface area contributed by atoms with Gasteiger partial charge in [-0.3, -0.25) is 14.6 Å². The second-order valence-electron chi connectivity index (χ2n) is 3.32. The van der Waals surface area contributed by atoms with Crippen LogP contribution in [0, 0.1) is 0 Å². The average Bonchev–Trinajstić information content (AvgIpc) is 2.42. The molecule has 0 radical (unpaired) electrons. The molecule has 0 unspecified atom stereocenters. The minimum Gasteiger partial charge on any atom is -0.361 e. The quantitative estimate of drug-likeness (QED) is 0.637. The Bertz CT molecular complexity index is 284. The molecule has 2 amide bonds. The third kappa shape index (κ3) is 45.5. The zero-order valence-corrected chi connectivity index (χ0v) is 14.6. The van der Waals surface area contributed by atoms with Gasteiger partial charge in [0.05, 0.1) is 0 Å². The lowest BCUT2D eigenvalue weighted by Gasteiger charge is -2.13. The fourth-order valence-corrected chi connectivity index (χ4v) is 0.983. The van der Waals surface area contributed by atoms with E-state index >= 15 is 0 Å². The Kier molecular flexibility index (Phi) is 24.8. The van der Waals surface area contributed by atoms with Gasteiger partial charge in [0, 0.05) is 12.4 Å². The predicted octanol–water partition coefficient (Wildman–Crippen LogP) is 2.42. The number of hydrogen-bond acceptors (Lipinski definition) is 4. The van der Waals surface area contributed by atoms with Crippen molar-refractivity contribution in [3.8, 4) is 0 Å². The molecule has 0 atom stereocenters. The maximum atomic E-state index is 9.09. The fraction of sp³-hybridized carbons (Fsp3) is 0.462. The molecule has 0 spiro atoms. The summed E-state index contributed by atoms with van der Waals surface area (Å²) in [5.41, 5.74) is 8.67. The van der Waals surface area contributed by atoms with Crippen molar-refractivity contribution >= 4 is 35.7 Å². The van der Waals surface area contributed by atoms with Crippen LogP contribution in [-0.4, -0.2) is 40.0 Å². The highest BCUT2D eigenvalue weighted by molar-refractivity contribution is 7.96. The summed E-state index contributed by atoms with van der Waals surface area (Å²) in [6.07, 6.45) is 3.50. The molecule has 122 valence electrons. The van der Waals surface area contributed by atoms with E-state index < -0.39 is 10.5 Å². The smallest absolute Gasteiger partial charge is 0.273 e. The maximum absolute atomic E-state index is 9.09. The second-order valence-corrected chi connectivity index (χ2v) is 4.20. The molecule has 0 aliphatic rings. The van der Waals surface area contributed by atoms with E-state index in [0.717, 1.165) is 0 Å². The lowest BCUT2D eigenvalue weighted by molar-refractivity contribution is 0.266. The number of carbonyl (C=O) groups excluding carboxylic acids is 2. The van der Waals surface area contributed by atoms with Gasteiger partial charge in [-0.25, -0.2) is 0 Å². The van der Waals surface area contributed by atoms with Gasteiger partial charge < -0.3 is 16.4 Å². The number of thiol groups is 2. The molecule has 1 aromatic rings. The first-order valence-electron chi connectivity index (χ1n) is 6.35. The molecule has 1 aromatic heterocycles.